The topological polar surface area (TPSA) is 128 Å². The van der Waals surface area contributed by atoms with Gasteiger partial charge in [0.25, 0.3) is 0 Å². The summed E-state index contributed by atoms with van der Waals surface area (Å²) in [7, 11) is 0. The summed E-state index contributed by atoms with van der Waals surface area (Å²) in [5, 5.41) is 10.1. The average molecular weight is 514 g/mol. The second kappa shape index (κ2) is 34.0. The van der Waals surface area contributed by atoms with E-state index in [1.54, 1.807) is 6.92 Å². The molecule has 0 aliphatic carbocycles. The Morgan fingerprint density at radius 2 is 1.28 bits per heavy atom. The third kappa shape index (κ3) is 38.1. The van der Waals surface area contributed by atoms with Gasteiger partial charge >= 0.3 is 17.9 Å². The van der Waals surface area contributed by atoms with Crippen LogP contribution in [0.5, 0.6) is 0 Å². The number of esters is 3. The number of carbonyl (C=O) groups is 4. The van der Waals surface area contributed by atoms with Crippen LogP contribution in [0.3, 0.4) is 0 Å². The van der Waals surface area contributed by atoms with Crippen molar-refractivity contribution in [2.75, 3.05) is 26.6 Å². The predicted molar refractivity (Wildman–Crippen MR) is 143 cm³/mol. The molecule has 2 N–H and O–H groups in total. The maximum atomic E-state index is 10.8. The Hall–Kier alpha value is -3.20. The molecule has 1 atom stereocenters. The molecule has 0 saturated carbocycles. The van der Waals surface area contributed by atoms with E-state index >= 15 is 0 Å². The fourth-order valence-corrected chi connectivity index (χ4v) is 1.88. The van der Waals surface area contributed by atoms with Gasteiger partial charge in [0.1, 0.15) is 6.73 Å². The monoisotopic (exact) mass is 513 g/mol. The van der Waals surface area contributed by atoms with Crippen molar-refractivity contribution in [2.45, 2.75) is 66.2 Å². The molecule has 0 bridgehead atoms. The molecular weight excluding hydrogens is 466 g/mol. The number of aliphatic hydroxyl groups is 1. The second-order valence-corrected chi connectivity index (χ2v) is 6.84. The number of aliphatic hydroxyl groups excluding tert-OH is 1. The van der Waals surface area contributed by atoms with Crippen molar-refractivity contribution in [3.63, 3.8) is 0 Å². The van der Waals surface area contributed by atoms with Crippen molar-refractivity contribution in [3.8, 4) is 0 Å². The average Bonchev–Trinajstić information content (AvgIpc) is 2.89. The zero-order valence-electron chi connectivity index (χ0n) is 22.6. The van der Waals surface area contributed by atoms with E-state index < -0.39 is 0 Å². The summed E-state index contributed by atoms with van der Waals surface area (Å²) in [6.45, 7) is 22.2. The van der Waals surface area contributed by atoms with Crippen molar-refractivity contribution >= 4 is 23.8 Å². The molecule has 0 aromatic carbocycles. The molecule has 0 spiro atoms. The minimum atomic E-state index is -0.359. The van der Waals surface area contributed by atoms with E-state index in [9.17, 15) is 19.2 Å². The Labute approximate surface area is 217 Å². The number of amides is 1. The standard InChI is InChI=1S/C11H20O2.C7H12O2.C5H8O2.C4H7NO2/c1-4-7-8-10(5-2)9-13-11(12)6-3;1-3-5-6-9-7(8)4-2;1-3-5(6)7-4-2;1-2-4(7)5-3-6/h6,10H,3-5,7-9H2,1-2H3;4H,2-3,5-6H2,1H3;3H,1,4H2,2H3;2,6H,1,3H2,(H,5,7). The van der Waals surface area contributed by atoms with Crippen LogP contribution in [0.4, 0.5) is 0 Å². The molecule has 1 amide bonds. The van der Waals surface area contributed by atoms with Crippen molar-refractivity contribution in [3.05, 3.63) is 50.6 Å². The molecule has 0 heterocycles. The zero-order valence-corrected chi connectivity index (χ0v) is 22.6. The summed E-state index contributed by atoms with van der Waals surface area (Å²) < 4.78 is 14.1. The molecule has 0 fully saturated rings. The van der Waals surface area contributed by atoms with Crippen LogP contribution in [0.2, 0.25) is 0 Å². The molecule has 0 aliphatic rings. The molecule has 9 heteroatoms. The van der Waals surface area contributed by atoms with E-state index in [4.69, 9.17) is 9.84 Å². The molecule has 0 rings (SSSR count). The molecule has 0 saturated heterocycles. The van der Waals surface area contributed by atoms with Crippen molar-refractivity contribution in [2.24, 2.45) is 5.92 Å². The van der Waals surface area contributed by atoms with Gasteiger partial charge in [-0.2, -0.15) is 0 Å². The molecule has 0 aliphatic heterocycles. The molecule has 208 valence electrons. The number of nitrogens with one attached hydrogen (secondary N) is 1. The van der Waals surface area contributed by atoms with Crippen LogP contribution in [0.25, 0.3) is 0 Å². The minimum absolute atomic E-state index is 0.310. The van der Waals surface area contributed by atoms with E-state index in [2.05, 4.69) is 55.0 Å². The second-order valence-electron chi connectivity index (χ2n) is 6.84. The number of hydrogen-bond donors (Lipinski definition) is 2. The highest BCUT2D eigenvalue weighted by Crippen LogP contribution is 2.12. The van der Waals surface area contributed by atoms with E-state index in [0.29, 0.717) is 25.7 Å². The summed E-state index contributed by atoms with van der Waals surface area (Å²) in [4.78, 5) is 41.2. The zero-order chi connectivity index (χ0) is 28.6. The maximum Gasteiger partial charge on any atom is 0.330 e. The molecule has 36 heavy (non-hydrogen) atoms. The van der Waals surface area contributed by atoms with Gasteiger partial charge < -0.3 is 24.6 Å². The van der Waals surface area contributed by atoms with E-state index in [0.717, 1.165) is 37.8 Å². The first kappa shape index (κ1) is 40.0. The SMILES string of the molecule is C=CC(=O)NCO.C=CC(=O)OCC.C=CC(=O)OCC(CC)CCCC.C=CC(=O)OCCCC. The van der Waals surface area contributed by atoms with Crippen LogP contribution in [0, 0.1) is 5.92 Å². The smallest absolute Gasteiger partial charge is 0.330 e. The third-order valence-electron chi connectivity index (χ3n) is 3.97. The Balaban J connectivity index is -0.000000197. The predicted octanol–water partition coefficient (Wildman–Crippen LogP) is 4.42. The van der Waals surface area contributed by atoms with Crippen molar-refractivity contribution < 1.29 is 38.5 Å². The highest BCUT2D eigenvalue weighted by molar-refractivity contribution is 5.86. The van der Waals surface area contributed by atoms with Crippen LogP contribution >= 0.6 is 0 Å². The number of unbranched alkanes of at least 4 members (excludes halogenated alkanes) is 2. The van der Waals surface area contributed by atoms with Crippen LogP contribution < -0.4 is 5.32 Å². The fraction of sp³-hybridized carbons (Fsp3) is 0.556. The van der Waals surface area contributed by atoms with Gasteiger partial charge in [-0.3, -0.25) is 4.79 Å². The normalized spacial score (nSPS) is 9.47. The van der Waals surface area contributed by atoms with Crippen LogP contribution in [-0.4, -0.2) is 55.5 Å². The lowest BCUT2D eigenvalue weighted by Crippen LogP contribution is -2.20. The van der Waals surface area contributed by atoms with Crippen LogP contribution in [-0.2, 0) is 33.4 Å². The largest absolute Gasteiger partial charge is 0.463 e. The Bertz CT molecular complexity index is 595. The minimum Gasteiger partial charge on any atom is -0.463 e. The quantitative estimate of drug-likeness (QED) is 0.108. The highest BCUT2D eigenvalue weighted by Gasteiger charge is 2.07. The molecular formula is C27H47NO8. The number of hydrogen-bond acceptors (Lipinski definition) is 8. The fourth-order valence-electron chi connectivity index (χ4n) is 1.88. The first-order valence-electron chi connectivity index (χ1n) is 12.1. The molecule has 1 unspecified atom stereocenters. The van der Waals surface area contributed by atoms with Gasteiger partial charge in [-0.25, -0.2) is 14.4 Å². The lowest BCUT2D eigenvalue weighted by atomic mass is 10.0. The molecule has 0 aromatic heterocycles. The Morgan fingerprint density at radius 3 is 1.61 bits per heavy atom. The summed E-state index contributed by atoms with van der Waals surface area (Å²) in [6.07, 6.45) is 11.2. The van der Waals surface area contributed by atoms with Gasteiger partial charge in [0.15, 0.2) is 0 Å². The highest BCUT2D eigenvalue weighted by atomic mass is 16.5. The molecule has 0 radical (unpaired) electrons. The van der Waals surface area contributed by atoms with Gasteiger partial charge in [-0.05, 0) is 31.8 Å². The first-order chi connectivity index (χ1) is 17.2. The lowest BCUT2D eigenvalue weighted by Gasteiger charge is -2.13. The first-order valence-corrected chi connectivity index (χ1v) is 12.1. The van der Waals surface area contributed by atoms with Gasteiger partial charge in [-0.15, -0.1) is 0 Å². The van der Waals surface area contributed by atoms with E-state index in [1.165, 1.54) is 25.0 Å². The number of carbonyl (C=O) groups excluding carboxylic acids is 4. The summed E-state index contributed by atoms with van der Waals surface area (Å²) >= 11 is 0. The Morgan fingerprint density at radius 1 is 0.778 bits per heavy atom. The molecule has 0 aromatic rings. The van der Waals surface area contributed by atoms with Crippen LogP contribution in [0.15, 0.2) is 50.6 Å². The van der Waals surface area contributed by atoms with Gasteiger partial charge in [0.2, 0.25) is 5.91 Å². The van der Waals surface area contributed by atoms with E-state index in [1.807, 2.05) is 6.92 Å². The number of rotatable bonds is 15. The van der Waals surface area contributed by atoms with Crippen LogP contribution in [0.1, 0.15) is 66.2 Å². The molecule has 9 nitrogen and oxygen atoms in total. The van der Waals surface area contributed by atoms with Gasteiger partial charge in [0.05, 0.1) is 19.8 Å². The third-order valence-corrected chi connectivity index (χ3v) is 3.97. The van der Waals surface area contributed by atoms with Crippen molar-refractivity contribution in [1.29, 1.82) is 0 Å². The van der Waals surface area contributed by atoms with Crippen molar-refractivity contribution in [1.82, 2.24) is 5.32 Å². The summed E-state index contributed by atoms with van der Waals surface area (Å²) in [6, 6.07) is 0. The van der Waals surface area contributed by atoms with Gasteiger partial charge in [0, 0.05) is 18.2 Å². The Kier molecular flexibility index (Phi) is 37.7. The number of ether oxygens (including phenoxy) is 3. The maximum absolute atomic E-state index is 10.8. The van der Waals surface area contributed by atoms with Gasteiger partial charge in [-0.1, -0.05) is 72.8 Å². The lowest BCUT2D eigenvalue weighted by molar-refractivity contribution is -0.139. The summed E-state index contributed by atoms with van der Waals surface area (Å²) in [5.74, 6) is -0.841. The summed E-state index contributed by atoms with van der Waals surface area (Å²) in [5.41, 5.74) is 0. The van der Waals surface area contributed by atoms with E-state index in [-0.39, 0.29) is 30.5 Å².